The Hall–Kier alpha value is -3.73. The van der Waals surface area contributed by atoms with E-state index in [2.05, 4.69) is 21.2 Å². The van der Waals surface area contributed by atoms with E-state index in [-0.39, 0.29) is 24.2 Å². The maximum Gasteiger partial charge on any atom is 0.325 e. The summed E-state index contributed by atoms with van der Waals surface area (Å²) < 4.78 is 7.45. The predicted octanol–water partition coefficient (Wildman–Crippen LogP) is 1.70. The molecule has 3 heterocycles. The number of benzene rings is 1. The van der Waals surface area contributed by atoms with Crippen LogP contribution in [0.4, 0.5) is 0 Å². The molecule has 2 aliphatic rings. The number of aromatic nitrogens is 2. The van der Waals surface area contributed by atoms with Crippen LogP contribution in [0.15, 0.2) is 36.7 Å². The molecule has 11 nitrogen and oxygen atoms in total. The first kappa shape index (κ1) is 27.3. The Morgan fingerprint density at radius 1 is 1.05 bits per heavy atom. The van der Waals surface area contributed by atoms with Crippen molar-refractivity contribution in [2.75, 3.05) is 6.54 Å². The van der Waals surface area contributed by atoms with Gasteiger partial charge in [0.2, 0.25) is 11.8 Å². The molecule has 4 rings (SSSR count). The van der Waals surface area contributed by atoms with Crippen molar-refractivity contribution in [3.8, 4) is 11.1 Å². The first-order chi connectivity index (χ1) is 18.1. The Morgan fingerprint density at radius 2 is 1.84 bits per heavy atom. The van der Waals surface area contributed by atoms with Crippen molar-refractivity contribution in [1.29, 1.82) is 0 Å². The summed E-state index contributed by atoms with van der Waals surface area (Å²) in [6, 6.07) is 5.34. The lowest BCUT2D eigenvalue weighted by atomic mass is 10.0. The van der Waals surface area contributed by atoms with Gasteiger partial charge in [-0.15, -0.1) is 0 Å². The third-order valence-electron chi connectivity index (χ3n) is 6.92. The fraction of sp³-hybridized carbons (Fsp3) is 0.519. The summed E-state index contributed by atoms with van der Waals surface area (Å²) in [5.74, 6) is -1.74. The SMILES string of the molecule is CC1NC(=O)C(C(C)C)NC(=O)CCn2cc(cn2)-c2cccc(c2)C(C)OC(=O)C2CCCN(N2)C1=O. The zero-order valence-corrected chi connectivity index (χ0v) is 22.3. The van der Waals surface area contributed by atoms with E-state index >= 15 is 0 Å². The molecule has 11 heteroatoms. The van der Waals surface area contributed by atoms with E-state index in [9.17, 15) is 19.2 Å². The van der Waals surface area contributed by atoms with Crippen LogP contribution in [-0.4, -0.2) is 63.2 Å². The van der Waals surface area contributed by atoms with Gasteiger partial charge in [-0.25, -0.2) is 5.43 Å². The standard InChI is InChI=1S/C27H36N6O5/c1-16(2)24-25(35)29-17(3)26(36)33-11-6-9-22(31-33)27(37)38-18(4)19-7-5-8-20(13-19)21-14-28-32(15-21)12-10-23(34)30-24/h5,7-8,13-18,22,24,31H,6,9-12H2,1-4H3,(H,29,35)(H,30,34). The molecule has 0 saturated carbocycles. The summed E-state index contributed by atoms with van der Waals surface area (Å²) in [6.45, 7) is 7.79. The van der Waals surface area contributed by atoms with Gasteiger partial charge in [-0.2, -0.15) is 5.10 Å². The molecule has 4 atom stereocenters. The smallest absolute Gasteiger partial charge is 0.325 e. The quantitative estimate of drug-likeness (QED) is 0.484. The molecule has 38 heavy (non-hydrogen) atoms. The second-order valence-corrected chi connectivity index (χ2v) is 10.3. The number of rotatable bonds is 1. The number of esters is 1. The minimum Gasteiger partial charge on any atom is -0.457 e. The molecule has 4 unspecified atom stereocenters. The Kier molecular flexibility index (Phi) is 8.45. The van der Waals surface area contributed by atoms with Crippen molar-refractivity contribution in [2.24, 2.45) is 5.92 Å². The number of cyclic esters (lactones) is 1. The summed E-state index contributed by atoms with van der Waals surface area (Å²) in [5, 5.41) is 11.3. The molecule has 6 bridgehead atoms. The van der Waals surface area contributed by atoms with E-state index in [4.69, 9.17) is 4.74 Å². The zero-order valence-electron chi connectivity index (χ0n) is 22.3. The summed E-state index contributed by atoms with van der Waals surface area (Å²) in [4.78, 5) is 51.8. The van der Waals surface area contributed by atoms with E-state index in [0.717, 1.165) is 16.7 Å². The monoisotopic (exact) mass is 524 g/mol. The summed E-state index contributed by atoms with van der Waals surface area (Å²) in [7, 11) is 0. The zero-order chi connectivity index (χ0) is 27.4. The third kappa shape index (κ3) is 6.39. The first-order valence-corrected chi connectivity index (χ1v) is 13.1. The summed E-state index contributed by atoms with van der Waals surface area (Å²) in [5.41, 5.74) is 5.58. The Bertz CT molecular complexity index is 1190. The third-order valence-corrected chi connectivity index (χ3v) is 6.92. The van der Waals surface area contributed by atoms with Crippen LogP contribution in [0.1, 0.15) is 58.6 Å². The highest BCUT2D eigenvalue weighted by atomic mass is 16.5. The second kappa shape index (κ2) is 11.8. The van der Waals surface area contributed by atoms with Gasteiger partial charge in [0.05, 0.1) is 6.20 Å². The Labute approximate surface area is 222 Å². The van der Waals surface area contributed by atoms with Crippen LogP contribution in [0.5, 0.6) is 0 Å². The van der Waals surface area contributed by atoms with Gasteiger partial charge >= 0.3 is 5.97 Å². The van der Waals surface area contributed by atoms with Gasteiger partial charge < -0.3 is 15.4 Å². The van der Waals surface area contributed by atoms with Crippen LogP contribution in [-0.2, 0) is 30.5 Å². The van der Waals surface area contributed by atoms with Crippen molar-refractivity contribution in [1.82, 2.24) is 30.8 Å². The molecule has 0 spiro atoms. The molecular weight excluding hydrogens is 488 g/mol. The molecule has 0 aliphatic carbocycles. The second-order valence-electron chi connectivity index (χ2n) is 10.3. The number of fused-ring (bicyclic) bond motifs is 7. The molecule has 0 radical (unpaired) electrons. The van der Waals surface area contributed by atoms with Crippen LogP contribution in [0, 0.1) is 5.92 Å². The van der Waals surface area contributed by atoms with Gasteiger partial charge in [0.25, 0.3) is 5.91 Å². The van der Waals surface area contributed by atoms with E-state index in [1.807, 2.05) is 51.2 Å². The highest BCUT2D eigenvalue weighted by molar-refractivity contribution is 5.92. The lowest BCUT2D eigenvalue weighted by Crippen LogP contribution is -2.61. The van der Waals surface area contributed by atoms with Crippen LogP contribution >= 0.6 is 0 Å². The number of nitrogens with zero attached hydrogens (tertiary/aromatic N) is 3. The van der Waals surface area contributed by atoms with Crippen molar-refractivity contribution < 1.29 is 23.9 Å². The average Bonchev–Trinajstić information content (AvgIpc) is 3.38. The van der Waals surface area contributed by atoms with Crippen LogP contribution < -0.4 is 16.1 Å². The highest BCUT2D eigenvalue weighted by Crippen LogP contribution is 2.25. The maximum atomic E-state index is 13.1. The lowest BCUT2D eigenvalue weighted by Gasteiger charge is -2.35. The fourth-order valence-electron chi connectivity index (χ4n) is 4.64. The van der Waals surface area contributed by atoms with Crippen LogP contribution in [0.25, 0.3) is 11.1 Å². The van der Waals surface area contributed by atoms with E-state index in [1.54, 1.807) is 17.8 Å². The molecule has 1 saturated heterocycles. The highest BCUT2D eigenvalue weighted by Gasteiger charge is 2.33. The summed E-state index contributed by atoms with van der Waals surface area (Å²) >= 11 is 0. The topological polar surface area (TPSA) is 135 Å². The molecule has 3 N–H and O–H groups in total. The summed E-state index contributed by atoms with van der Waals surface area (Å²) in [6.07, 6.45) is 4.34. The molecule has 1 aromatic heterocycles. The molecule has 2 aliphatic heterocycles. The normalized spacial score (nSPS) is 25.8. The molecule has 3 amide bonds. The van der Waals surface area contributed by atoms with E-state index in [0.29, 0.717) is 25.9 Å². The van der Waals surface area contributed by atoms with Crippen molar-refractivity contribution in [2.45, 2.75) is 77.7 Å². The van der Waals surface area contributed by atoms with E-state index < -0.39 is 36.1 Å². The van der Waals surface area contributed by atoms with E-state index in [1.165, 1.54) is 5.01 Å². The van der Waals surface area contributed by atoms with Gasteiger partial charge in [0.1, 0.15) is 24.2 Å². The number of carbonyl (C=O) groups excluding carboxylic acids is 4. The maximum absolute atomic E-state index is 13.1. The van der Waals surface area contributed by atoms with Gasteiger partial charge in [-0.1, -0.05) is 32.0 Å². The lowest BCUT2D eigenvalue weighted by molar-refractivity contribution is -0.157. The Balaban J connectivity index is 1.61. The predicted molar refractivity (Wildman–Crippen MR) is 139 cm³/mol. The first-order valence-electron chi connectivity index (χ1n) is 13.1. The number of amides is 3. The van der Waals surface area contributed by atoms with Crippen LogP contribution in [0.3, 0.4) is 0 Å². The number of carbonyl (C=O) groups is 4. The molecule has 1 fully saturated rings. The number of aryl methyl sites for hydroxylation is 1. The van der Waals surface area contributed by atoms with Crippen molar-refractivity contribution in [3.05, 3.63) is 42.2 Å². The van der Waals surface area contributed by atoms with Gasteiger partial charge in [-0.3, -0.25) is 28.9 Å². The van der Waals surface area contributed by atoms with Crippen molar-refractivity contribution in [3.63, 3.8) is 0 Å². The minimum atomic E-state index is -0.860. The number of ether oxygens (including phenoxy) is 1. The van der Waals surface area contributed by atoms with Crippen molar-refractivity contribution >= 4 is 23.7 Å². The molecule has 204 valence electrons. The number of nitrogens with one attached hydrogen (secondary N) is 3. The van der Waals surface area contributed by atoms with Gasteiger partial charge in [0, 0.05) is 31.3 Å². The number of hydrogen-bond acceptors (Lipinski definition) is 7. The largest absolute Gasteiger partial charge is 0.457 e. The number of hydrazine groups is 1. The molecule has 2 aromatic rings. The molecule has 1 aromatic carbocycles. The van der Waals surface area contributed by atoms with Gasteiger partial charge in [-0.05, 0) is 49.8 Å². The van der Waals surface area contributed by atoms with Crippen LogP contribution in [0.2, 0.25) is 0 Å². The Morgan fingerprint density at radius 3 is 2.61 bits per heavy atom. The number of hydrogen-bond donors (Lipinski definition) is 3. The minimum absolute atomic E-state index is 0.137. The molecular formula is C27H36N6O5. The average molecular weight is 525 g/mol. The van der Waals surface area contributed by atoms with Gasteiger partial charge in [0.15, 0.2) is 0 Å². The fourth-order valence-corrected chi connectivity index (χ4v) is 4.64.